The zero-order chi connectivity index (χ0) is 16.8. The highest BCUT2D eigenvalue weighted by atomic mass is 16.5. The first-order valence-electron chi connectivity index (χ1n) is 7.76. The number of carbonyl (C=O) groups is 2. The van der Waals surface area contributed by atoms with Crippen molar-refractivity contribution in [2.75, 3.05) is 14.2 Å². The molecule has 2 rings (SSSR count). The molecule has 1 aliphatic carbocycles. The third-order valence-electron chi connectivity index (χ3n) is 4.31. The summed E-state index contributed by atoms with van der Waals surface area (Å²) in [5.74, 6) is -0.249. The number of methoxy groups -OCH3 is 2. The maximum atomic E-state index is 12.3. The largest absolute Gasteiger partial charge is 0.493 e. The molecule has 0 unspecified atom stereocenters. The highest BCUT2D eigenvalue weighted by molar-refractivity contribution is 5.80. The van der Waals surface area contributed by atoms with Gasteiger partial charge in [0.05, 0.1) is 20.1 Å². The molecule has 0 aliphatic heterocycles. The van der Waals surface area contributed by atoms with Crippen LogP contribution in [0.2, 0.25) is 0 Å². The Kier molecular flexibility index (Phi) is 5.84. The Morgan fingerprint density at radius 3 is 2.52 bits per heavy atom. The van der Waals surface area contributed by atoms with Crippen LogP contribution in [-0.2, 0) is 16.1 Å². The van der Waals surface area contributed by atoms with Gasteiger partial charge in [-0.3, -0.25) is 9.59 Å². The zero-order valence-corrected chi connectivity index (χ0v) is 13.5. The molecule has 2 atom stereocenters. The Morgan fingerprint density at radius 2 is 1.87 bits per heavy atom. The van der Waals surface area contributed by atoms with Gasteiger partial charge in [-0.2, -0.15) is 0 Å². The second-order valence-corrected chi connectivity index (χ2v) is 5.81. The monoisotopic (exact) mass is 321 g/mol. The first-order valence-corrected chi connectivity index (χ1v) is 7.76. The molecular weight excluding hydrogens is 298 g/mol. The third kappa shape index (κ3) is 4.37. The molecule has 0 bridgehead atoms. The van der Waals surface area contributed by atoms with Crippen LogP contribution in [-0.4, -0.2) is 31.2 Å². The van der Waals surface area contributed by atoms with Crippen molar-refractivity contribution in [3.8, 4) is 11.5 Å². The average Bonchev–Trinajstić information content (AvgIpc) is 2.59. The molecule has 2 N–H and O–H groups in total. The first kappa shape index (κ1) is 17.1. The van der Waals surface area contributed by atoms with Gasteiger partial charge in [0.2, 0.25) is 5.91 Å². The predicted octanol–water partition coefficient (Wildman–Crippen LogP) is 2.21. The molecule has 6 nitrogen and oxygen atoms in total. The fourth-order valence-corrected chi connectivity index (χ4v) is 2.98. The lowest BCUT2D eigenvalue weighted by Gasteiger charge is -2.25. The summed E-state index contributed by atoms with van der Waals surface area (Å²) >= 11 is 0. The summed E-state index contributed by atoms with van der Waals surface area (Å²) in [6.07, 6.45) is 2.62. The van der Waals surface area contributed by atoms with Crippen molar-refractivity contribution < 1.29 is 24.2 Å². The second-order valence-electron chi connectivity index (χ2n) is 5.81. The van der Waals surface area contributed by atoms with Crippen molar-refractivity contribution in [2.45, 2.75) is 32.2 Å². The van der Waals surface area contributed by atoms with E-state index in [1.807, 2.05) is 12.1 Å². The number of carboxylic acids is 1. The van der Waals surface area contributed by atoms with Gasteiger partial charge in [-0.25, -0.2) is 0 Å². The predicted molar refractivity (Wildman–Crippen MR) is 84.5 cm³/mol. The van der Waals surface area contributed by atoms with E-state index in [9.17, 15) is 9.59 Å². The fourth-order valence-electron chi connectivity index (χ4n) is 2.98. The van der Waals surface area contributed by atoms with E-state index in [1.54, 1.807) is 20.3 Å². The molecule has 0 radical (unpaired) electrons. The number of nitrogens with one attached hydrogen (secondary N) is 1. The van der Waals surface area contributed by atoms with Gasteiger partial charge in [0.1, 0.15) is 0 Å². The minimum absolute atomic E-state index is 0.0780. The number of carbonyl (C=O) groups excluding carboxylic acids is 1. The third-order valence-corrected chi connectivity index (χ3v) is 4.31. The molecule has 1 aromatic rings. The van der Waals surface area contributed by atoms with E-state index in [2.05, 4.69) is 5.32 Å². The lowest BCUT2D eigenvalue weighted by Crippen LogP contribution is -2.35. The van der Waals surface area contributed by atoms with Gasteiger partial charge in [0, 0.05) is 12.5 Å². The number of amides is 1. The molecule has 0 spiro atoms. The number of carboxylic acid groups (broad SMARTS) is 1. The van der Waals surface area contributed by atoms with E-state index >= 15 is 0 Å². The summed E-state index contributed by atoms with van der Waals surface area (Å²) in [6, 6.07) is 5.48. The molecule has 126 valence electrons. The molecule has 1 saturated carbocycles. The highest BCUT2D eigenvalue weighted by Crippen LogP contribution is 2.30. The zero-order valence-electron chi connectivity index (χ0n) is 13.5. The average molecular weight is 321 g/mol. The summed E-state index contributed by atoms with van der Waals surface area (Å²) < 4.78 is 10.4. The molecule has 1 fully saturated rings. The highest BCUT2D eigenvalue weighted by Gasteiger charge is 2.30. The van der Waals surface area contributed by atoms with Gasteiger partial charge in [0.25, 0.3) is 0 Å². The van der Waals surface area contributed by atoms with Crippen LogP contribution in [0.4, 0.5) is 0 Å². The summed E-state index contributed by atoms with van der Waals surface area (Å²) in [4.78, 5) is 23.3. The summed E-state index contributed by atoms with van der Waals surface area (Å²) in [5.41, 5.74) is 0.904. The topological polar surface area (TPSA) is 84.9 Å². The van der Waals surface area contributed by atoms with Crippen LogP contribution in [0.1, 0.15) is 31.2 Å². The summed E-state index contributed by atoms with van der Waals surface area (Å²) in [7, 11) is 3.13. The maximum absolute atomic E-state index is 12.3. The molecule has 0 heterocycles. The van der Waals surface area contributed by atoms with Crippen LogP contribution in [0.25, 0.3) is 0 Å². The summed E-state index contributed by atoms with van der Waals surface area (Å²) in [5, 5.41) is 12.0. The van der Waals surface area contributed by atoms with Crippen LogP contribution in [0, 0.1) is 11.8 Å². The Morgan fingerprint density at radius 1 is 1.17 bits per heavy atom. The molecule has 1 aromatic carbocycles. The van der Waals surface area contributed by atoms with Crippen molar-refractivity contribution in [2.24, 2.45) is 11.8 Å². The number of hydrogen-bond acceptors (Lipinski definition) is 4. The number of ether oxygens (including phenoxy) is 2. The molecule has 23 heavy (non-hydrogen) atoms. The second kappa shape index (κ2) is 7.85. The number of aliphatic carboxylic acids is 1. The van der Waals surface area contributed by atoms with Gasteiger partial charge in [-0.1, -0.05) is 12.5 Å². The molecule has 1 amide bonds. The Labute approximate surface area is 135 Å². The Balaban J connectivity index is 1.92. The van der Waals surface area contributed by atoms with E-state index in [4.69, 9.17) is 14.6 Å². The summed E-state index contributed by atoms with van der Waals surface area (Å²) in [6.45, 7) is 0.382. The first-order chi connectivity index (χ1) is 11.0. The fraction of sp³-hybridized carbons (Fsp3) is 0.529. The van der Waals surface area contributed by atoms with Crippen molar-refractivity contribution >= 4 is 11.9 Å². The number of hydrogen-bond donors (Lipinski definition) is 2. The SMILES string of the molecule is COc1ccc(CNC(=O)[C@@H]2CCC[C@@H](C(=O)O)C2)cc1OC. The van der Waals surface area contributed by atoms with Gasteiger partial charge >= 0.3 is 5.97 Å². The van der Waals surface area contributed by atoms with Gasteiger partial charge in [-0.15, -0.1) is 0 Å². The van der Waals surface area contributed by atoms with Crippen molar-refractivity contribution in [3.05, 3.63) is 23.8 Å². The molecule has 0 saturated heterocycles. The molecule has 1 aliphatic rings. The van der Waals surface area contributed by atoms with Gasteiger partial charge in [-0.05, 0) is 37.0 Å². The van der Waals surface area contributed by atoms with Crippen molar-refractivity contribution in [1.29, 1.82) is 0 Å². The maximum Gasteiger partial charge on any atom is 0.306 e. The van der Waals surface area contributed by atoms with Crippen molar-refractivity contribution in [3.63, 3.8) is 0 Å². The van der Waals surface area contributed by atoms with Crippen LogP contribution in [0.5, 0.6) is 11.5 Å². The minimum atomic E-state index is -0.803. The Hall–Kier alpha value is -2.24. The lowest BCUT2D eigenvalue weighted by atomic mass is 9.81. The van der Waals surface area contributed by atoms with E-state index in [0.717, 1.165) is 18.4 Å². The molecular formula is C17H23NO5. The van der Waals surface area contributed by atoms with E-state index in [-0.39, 0.29) is 11.8 Å². The van der Waals surface area contributed by atoms with Crippen molar-refractivity contribution in [1.82, 2.24) is 5.32 Å². The molecule has 0 aromatic heterocycles. The number of rotatable bonds is 6. The normalized spacial score (nSPS) is 20.6. The minimum Gasteiger partial charge on any atom is -0.493 e. The smallest absolute Gasteiger partial charge is 0.306 e. The van der Waals surface area contributed by atoms with E-state index < -0.39 is 11.9 Å². The van der Waals surface area contributed by atoms with Gasteiger partial charge < -0.3 is 19.9 Å². The van der Waals surface area contributed by atoms with Crippen LogP contribution in [0.15, 0.2) is 18.2 Å². The van der Waals surface area contributed by atoms with Gasteiger partial charge in [0.15, 0.2) is 11.5 Å². The lowest BCUT2D eigenvalue weighted by molar-refractivity contribution is -0.144. The van der Waals surface area contributed by atoms with Crippen LogP contribution < -0.4 is 14.8 Å². The number of benzene rings is 1. The Bertz CT molecular complexity index is 572. The standard InChI is InChI=1S/C17H23NO5/c1-22-14-7-6-11(8-15(14)23-2)10-18-16(19)12-4-3-5-13(9-12)17(20)21/h6-8,12-13H,3-5,9-10H2,1-2H3,(H,18,19)(H,20,21)/t12-,13-/m1/s1. The van der Waals surface area contributed by atoms with E-state index in [1.165, 1.54) is 0 Å². The van der Waals surface area contributed by atoms with Crippen LogP contribution in [0.3, 0.4) is 0 Å². The quantitative estimate of drug-likeness (QED) is 0.839. The van der Waals surface area contributed by atoms with E-state index in [0.29, 0.717) is 30.9 Å². The molecule has 6 heteroatoms. The van der Waals surface area contributed by atoms with Crippen LogP contribution >= 0.6 is 0 Å².